The third-order valence-corrected chi connectivity index (χ3v) is 1.75. The van der Waals surface area contributed by atoms with Gasteiger partial charge in [0, 0.05) is 0 Å². The van der Waals surface area contributed by atoms with E-state index in [0.29, 0.717) is 5.75 Å². The highest BCUT2D eigenvalue weighted by atomic mass is 16.5. The van der Waals surface area contributed by atoms with Gasteiger partial charge in [0.25, 0.3) is 0 Å². The molecule has 0 heterocycles. The standard InChI is InChI=1S/C10H12O3/c1-7-5-3-4-6-9(7)13-8(2)10(11)12/h3-6,8H,1-2H3,(H,11,12)/t8-/m1/s1. The summed E-state index contributed by atoms with van der Waals surface area (Å²) in [6.07, 6.45) is -0.805. The zero-order valence-corrected chi connectivity index (χ0v) is 7.65. The van der Waals surface area contributed by atoms with Gasteiger partial charge in [0.05, 0.1) is 0 Å². The van der Waals surface area contributed by atoms with Crippen molar-refractivity contribution in [1.82, 2.24) is 0 Å². The summed E-state index contributed by atoms with van der Waals surface area (Å²) in [5.74, 6) is -0.333. The van der Waals surface area contributed by atoms with E-state index in [4.69, 9.17) is 9.84 Å². The Bertz CT molecular complexity index is 307. The predicted octanol–water partition coefficient (Wildman–Crippen LogP) is 1.85. The minimum Gasteiger partial charge on any atom is -0.479 e. The number of carboxylic acids is 1. The molecule has 0 aliphatic carbocycles. The highest BCUT2D eigenvalue weighted by molar-refractivity contribution is 5.72. The van der Waals surface area contributed by atoms with Crippen molar-refractivity contribution in [2.75, 3.05) is 0 Å². The molecule has 0 amide bonds. The van der Waals surface area contributed by atoms with Gasteiger partial charge in [0.15, 0.2) is 6.10 Å². The summed E-state index contributed by atoms with van der Waals surface area (Å²) in [6, 6.07) is 7.34. The molecule has 0 saturated carbocycles. The first-order valence-corrected chi connectivity index (χ1v) is 4.06. The highest BCUT2D eigenvalue weighted by Crippen LogP contribution is 2.17. The van der Waals surface area contributed by atoms with Crippen molar-refractivity contribution in [3.8, 4) is 5.75 Å². The van der Waals surface area contributed by atoms with Crippen molar-refractivity contribution in [2.24, 2.45) is 0 Å². The van der Waals surface area contributed by atoms with E-state index in [1.54, 1.807) is 6.07 Å². The summed E-state index contributed by atoms with van der Waals surface area (Å²) in [7, 11) is 0. The molecule has 0 saturated heterocycles. The van der Waals surface area contributed by atoms with E-state index in [1.807, 2.05) is 25.1 Å². The minimum absolute atomic E-state index is 0.623. The molecule has 3 heteroatoms. The van der Waals surface area contributed by atoms with E-state index in [0.717, 1.165) is 5.56 Å². The second kappa shape index (κ2) is 3.94. The number of benzene rings is 1. The van der Waals surface area contributed by atoms with Crippen LogP contribution in [-0.2, 0) is 4.79 Å². The molecule has 0 radical (unpaired) electrons. The van der Waals surface area contributed by atoms with E-state index in [2.05, 4.69) is 0 Å². The molecule has 1 N–H and O–H groups in total. The Hall–Kier alpha value is -1.51. The fourth-order valence-electron chi connectivity index (χ4n) is 0.930. The molecule has 0 spiro atoms. The molecule has 0 bridgehead atoms. The molecule has 1 rings (SSSR count). The average Bonchev–Trinajstić information content (AvgIpc) is 2.08. The van der Waals surface area contributed by atoms with Gasteiger partial charge >= 0.3 is 5.97 Å². The smallest absolute Gasteiger partial charge is 0.344 e. The molecule has 0 aliphatic rings. The molecular formula is C10H12O3. The number of aryl methyl sites for hydroxylation is 1. The van der Waals surface area contributed by atoms with Crippen LogP contribution >= 0.6 is 0 Å². The number of hydrogen-bond acceptors (Lipinski definition) is 2. The van der Waals surface area contributed by atoms with Crippen molar-refractivity contribution in [3.63, 3.8) is 0 Å². The number of aliphatic carboxylic acids is 1. The Kier molecular flexibility index (Phi) is 2.90. The molecule has 1 aromatic rings. The molecule has 3 nitrogen and oxygen atoms in total. The van der Waals surface area contributed by atoms with Gasteiger partial charge in [-0.15, -0.1) is 0 Å². The maximum Gasteiger partial charge on any atom is 0.344 e. The molecule has 0 aromatic heterocycles. The molecule has 0 aliphatic heterocycles. The van der Waals surface area contributed by atoms with Crippen LogP contribution in [0.5, 0.6) is 5.75 Å². The maximum atomic E-state index is 10.5. The van der Waals surface area contributed by atoms with Crippen LogP contribution < -0.4 is 4.74 Å². The van der Waals surface area contributed by atoms with Crippen molar-refractivity contribution < 1.29 is 14.6 Å². The highest BCUT2D eigenvalue weighted by Gasteiger charge is 2.12. The van der Waals surface area contributed by atoms with Crippen LogP contribution in [0.3, 0.4) is 0 Å². The molecule has 0 unspecified atom stereocenters. The number of ether oxygens (including phenoxy) is 1. The van der Waals surface area contributed by atoms with Crippen LogP contribution in [0.1, 0.15) is 12.5 Å². The summed E-state index contributed by atoms with van der Waals surface area (Å²) >= 11 is 0. The summed E-state index contributed by atoms with van der Waals surface area (Å²) < 4.78 is 5.21. The average molecular weight is 180 g/mol. The second-order valence-corrected chi connectivity index (χ2v) is 2.86. The Balaban J connectivity index is 2.74. The van der Waals surface area contributed by atoms with Gasteiger partial charge in [0.1, 0.15) is 5.75 Å². The van der Waals surface area contributed by atoms with Gasteiger partial charge in [-0.05, 0) is 25.5 Å². The third kappa shape index (κ3) is 2.47. The molecule has 70 valence electrons. The van der Waals surface area contributed by atoms with Crippen LogP contribution in [0, 0.1) is 6.92 Å². The van der Waals surface area contributed by atoms with E-state index in [1.165, 1.54) is 6.92 Å². The number of rotatable bonds is 3. The lowest BCUT2D eigenvalue weighted by molar-refractivity contribution is -0.144. The van der Waals surface area contributed by atoms with Gasteiger partial charge in [-0.2, -0.15) is 0 Å². The predicted molar refractivity (Wildman–Crippen MR) is 48.9 cm³/mol. The Morgan fingerprint density at radius 3 is 2.62 bits per heavy atom. The van der Waals surface area contributed by atoms with Crippen LogP contribution in [0.4, 0.5) is 0 Å². The summed E-state index contributed by atoms with van der Waals surface area (Å²) in [6.45, 7) is 3.39. The normalized spacial score (nSPS) is 12.2. The molecular weight excluding hydrogens is 168 g/mol. The lowest BCUT2D eigenvalue weighted by Crippen LogP contribution is -2.23. The van der Waals surface area contributed by atoms with Gasteiger partial charge < -0.3 is 9.84 Å². The Morgan fingerprint density at radius 2 is 2.08 bits per heavy atom. The summed E-state index contributed by atoms with van der Waals surface area (Å²) in [5, 5.41) is 8.61. The fourth-order valence-corrected chi connectivity index (χ4v) is 0.930. The summed E-state index contributed by atoms with van der Waals surface area (Å²) in [4.78, 5) is 10.5. The maximum absolute atomic E-state index is 10.5. The molecule has 1 aromatic carbocycles. The Labute approximate surface area is 77.0 Å². The topological polar surface area (TPSA) is 46.5 Å². The van der Waals surface area contributed by atoms with Crippen molar-refractivity contribution >= 4 is 5.97 Å². The number of carbonyl (C=O) groups is 1. The van der Waals surface area contributed by atoms with Gasteiger partial charge in [0.2, 0.25) is 0 Å². The van der Waals surface area contributed by atoms with Gasteiger partial charge in [-0.1, -0.05) is 18.2 Å². The van der Waals surface area contributed by atoms with E-state index < -0.39 is 12.1 Å². The van der Waals surface area contributed by atoms with E-state index in [9.17, 15) is 4.79 Å². The molecule has 0 fully saturated rings. The van der Waals surface area contributed by atoms with Crippen molar-refractivity contribution in [1.29, 1.82) is 0 Å². The second-order valence-electron chi connectivity index (χ2n) is 2.86. The first-order valence-electron chi connectivity index (χ1n) is 4.06. The van der Waals surface area contributed by atoms with Gasteiger partial charge in [-0.25, -0.2) is 4.79 Å². The monoisotopic (exact) mass is 180 g/mol. The van der Waals surface area contributed by atoms with Crippen LogP contribution in [0.2, 0.25) is 0 Å². The van der Waals surface area contributed by atoms with Crippen molar-refractivity contribution in [3.05, 3.63) is 29.8 Å². The largest absolute Gasteiger partial charge is 0.479 e. The third-order valence-electron chi connectivity index (χ3n) is 1.75. The zero-order valence-electron chi connectivity index (χ0n) is 7.65. The van der Waals surface area contributed by atoms with Crippen molar-refractivity contribution in [2.45, 2.75) is 20.0 Å². The van der Waals surface area contributed by atoms with Crippen LogP contribution in [-0.4, -0.2) is 17.2 Å². The minimum atomic E-state index is -0.955. The number of para-hydroxylation sites is 1. The van der Waals surface area contributed by atoms with Crippen LogP contribution in [0.15, 0.2) is 24.3 Å². The molecule has 1 atom stereocenters. The van der Waals surface area contributed by atoms with E-state index in [-0.39, 0.29) is 0 Å². The first kappa shape index (κ1) is 9.58. The van der Waals surface area contributed by atoms with E-state index >= 15 is 0 Å². The van der Waals surface area contributed by atoms with Crippen LogP contribution in [0.25, 0.3) is 0 Å². The Morgan fingerprint density at radius 1 is 1.46 bits per heavy atom. The number of carboxylic acid groups (broad SMARTS) is 1. The zero-order chi connectivity index (χ0) is 9.84. The number of hydrogen-bond donors (Lipinski definition) is 1. The quantitative estimate of drug-likeness (QED) is 0.772. The lowest BCUT2D eigenvalue weighted by Gasteiger charge is -2.11. The lowest BCUT2D eigenvalue weighted by atomic mass is 10.2. The fraction of sp³-hybridized carbons (Fsp3) is 0.300. The summed E-state index contributed by atoms with van der Waals surface area (Å²) in [5.41, 5.74) is 0.940. The SMILES string of the molecule is Cc1ccccc1O[C@H](C)C(=O)O. The van der Waals surface area contributed by atoms with Gasteiger partial charge in [-0.3, -0.25) is 0 Å². The first-order chi connectivity index (χ1) is 6.11. The molecule has 13 heavy (non-hydrogen) atoms.